The lowest BCUT2D eigenvalue weighted by atomic mass is 9.98. The van der Waals surface area contributed by atoms with Crippen molar-refractivity contribution in [1.29, 1.82) is 0 Å². The molecule has 0 unspecified atom stereocenters. The van der Waals surface area contributed by atoms with Gasteiger partial charge in [0, 0.05) is 23.6 Å². The minimum atomic E-state index is -0.777. The third-order valence-corrected chi connectivity index (χ3v) is 6.87. The Hall–Kier alpha value is -3.60. The Morgan fingerprint density at radius 3 is 2.29 bits per heavy atom. The van der Waals surface area contributed by atoms with Gasteiger partial charge in [0.1, 0.15) is 5.75 Å². The summed E-state index contributed by atoms with van der Waals surface area (Å²) >= 11 is 0. The van der Waals surface area contributed by atoms with Gasteiger partial charge in [0.15, 0.2) is 0 Å². The Balaban J connectivity index is 1.46. The third-order valence-electron chi connectivity index (χ3n) is 6.87. The molecule has 1 saturated carbocycles. The molecule has 2 N–H and O–H groups in total. The first-order chi connectivity index (χ1) is 16.2. The number of anilines is 1. The predicted molar refractivity (Wildman–Crippen MR) is 134 cm³/mol. The van der Waals surface area contributed by atoms with Crippen LogP contribution in [-0.2, 0) is 11.2 Å². The van der Waals surface area contributed by atoms with E-state index in [9.17, 15) is 14.7 Å². The second-order valence-electron chi connectivity index (χ2n) is 9.52. The Morgan fingerprint density at radius 1 is 1.00 bits per heavy atom. The minimum absolute atomic E-state index is 0.0305. The molecule has 0 aromatic heterocycles. The molecule has 1 aliphatic carbocycles. The van der Waals surface area contributed by atoms with E-state index >= 15 is 0 Å². The molecule has 0 spiro atoms. The fraction of sp³-hybridized carbons (Fsp3) is 0.310. The molecule has 0 bridgehead atoms. The average molecular weight is 458 g/mol. The lowest BCUT2D eigenvalue weighted by Gasteiger charge is -2.16. The van der Waals surface area contributed by atoms with Crippen LogP contribution in [0.4, 0.5) is 5.69 Å². The molecule has 5 heteroatoms. The molecule has 0 saturated heterocycles. The number of amides is 1. The van der Waals surface area contributed by atoms with E-state index in [0.29, 0.717) is 24.3 Å². The van der Waals surface area contributed by atoms with Gasteiger partial charge in [-0.2, -0.15) is 0 Å². The largest absolute Gasteiger partial charge is 0.493 e. The molecule has 3 aromatic carbocycles. The maximum Gasteiger partial charge on any atom is 0.309 e. The van der Waals surface area contributed by atoms with Crippen molar-refractivity contribution >= 4 is 17.6 Å². The van der Waals surface area contributed by atoms with Crippen LogP contribution in [-0.4, -0.2) is 23.6 Å². The molecule has 0 aliphatic heterocycles. The highest BCUT2D eigenvalue weighted by molar-refractivity contribution is 6.06. The van der Waals surface area contributed by atoms with Gasteiger partial charge in [-0.25, -0.2) is 0 Å². The summed E-state index contributed by atoms with van der Waals surface area (Å²) in [5, 5.41) is 12.5. The zero-order chi connectivity index (χ0) is 24.5. The summed E-state index contributed by atoms with van der Waals surface area (Å²) in [6, 6.07) is 19.8. The SMILES string of the molecule is Cc1ccc([C@H]2C[C@@]2(C)C(=O)O)cc1NC(=O)c1c(C)cc(OCCc2ccccc2)cc1C. The number of nitrogens with one attached hydrogen (secondary N) is 1. The highest BCUT2D eigenvalue weighted by Crippen LogP contribution is 2.59. The van der Waals surface area contributed by atoms with Crippen LogP contribution in [0, 0.1) is 26.2 Å². The lowest BCUT2D eigenvalue weighted by molar-refractivity contribution is -0.142. The van der Waals surface area contributed by atoms with Gasteiger partial charge in [-0.15, -0.1) is 0 Å². The quantitative estimate of drug-likeness (QED) is 0.431. The van der Waals surface area contributed by atoms with Crippen molar-refractivity contribution in [3.63, 3.8) is 0 Å². The zero-order valence-electron chi connectivity index (χ0n) is 20.1. The van der Waals surface area contributed by atoms with Crippen LogP contribution >= 0.6 is 0 Å². The van der Waals surface area contributed by atoms with Crippen LogP contribution in [0.1, 0.15) is 57.4 Å². The second-order valence-corrected chi connectivity index (χ2v) is 9.52. The van der Waals surface area contributed by atoms with E-state index in [4.69, 9.17) is 4.74 Å². The molecular weight excluding hydrogens is 426 g/mol. The number of hydrogen-bond acceptors (Lipinski definition) is 3. The van der Waals surface area contributed by atoms with Crippen molar-refractivity contribution in [2.45, 2.75) is 46.5 Å². The van der Waals surface area contributed by atoms with Gasteiger partial charge in [0.2, 0.25) is 0 Å². The Bertz CT molecular complexity index is 1210. The molecular formula is C29H31NO4. The Labute approximate surface area is 200 Å². The fourth-order valence-electron chi connectivity index (χ4n) is 4.56. The molecule has 1 amide bonds. The van der Waals surface area contributed by atoms with Crippen LogP contribution in [0.3, 0.4) is 0 Å². The van der Waals surface area contributed by atoms with Gasteiger partial charge in [0.25, 0.3) is 5.91 Å². The van der Waals surface area contributed by atoms with Crippen molar-refractivity contribution in [3.8, 4) is 5.75 Å². The van der Waals surface area contributed by atoms with Gasteiger partial charge < -0.3 is 15.2 Å². The van der Waals surface area contributed by atoms with Crippen molar-refractivity contribution in [2.75, 3.05) is 11.9 Å². The number of carboxylic acid groups (broad SMARTS) is 1. The minimum Gasteiger partial charge on any atom is -0.493 e. The Kier molecular flexibility index (Phi) is 6.47. The third kappa shape index (κ3) is 4.84. The molecule has 3 aromatic rings. The maximum absolute atomic E-state index is 13.2. The molecule has 2 atom stereocenters. The van der Waals surface area contributed by atoms with Crippen molar-refractivity contribution < 1.29 is 19.4 Å². The average Bonchev–Trinajstić information content (AvgIpc) is 3.49. The van der Waals surface area contributed by atoms with Gasteiger partial charge in [-0.1, -0.05) is 42.5 Å². The molecule has 0 heterocycles. The van der Waals surface area contributed by atoms with Gasteiger partial charge in [-0.05, 0) is 80.1 Å². The summed E-state index contributed by atoms with van der Waals surface area (Å²) in [5.41, 5.74) is 5.42. The number of benzene rings is 3. The first-order valence-corrected chi connectivity index (χ1v) is 11.6. The number of carboxylic acids is 1. The first-order valence-electron chi connectivity index (χ1n) is 11.6. The summed E-state index contributed by atoms with van der Waals surface area (Å²) in [6.07, 6.45) is 1.43. The van der Waals surface area contributed by atoms with E-state index in [1.54, 1.807) is 6.92 Å². The van der Waals surface area contributed by atoms with E-state index in [1.807, 2.05) is 69.3 Å². The highest BCUT2D eigenvalue weighted by Gasteiger charge is 2.57. The number of aliphatic carboxylic acids is 1. The number of carbonyl (C=O) groups excluding carboxylic acids is 1. The number of rotatable bonds is 8. The summed E-state index contributed by atoms with van der Waals surface area (Å²) in [4.78, 5) is 24.7. The number of hydrogen-bond donors (Lipinski definition) is 2. The summed E-state index contributed by atoms with van der Waals surface area (Å²) in [5.74, 6) is -0.233. The first kappa shape index (κ1) is 23.6. The smallest absolute Gasteiger partial charge is 0.309 e. The molecule has 176 valence electrons. The maximum atomic E-state index is 13.2. The van der Waals surface area contributed by atoms with E-state index in [1.165, 1.54) is 5.56 Å². The highest BCUT2D eigenvalue weighted by atomic mass is 16.5. The Morgan fingerprint density at radius 2 is 1.68 bits per heavy atom. The monoisotopic (exact) mass is 457 g/mol. The summed E-state index contributed by atoms with van der Waals surface area (Å²) in [6.45, 7) is 8.10. The van der Waals surface area contributed by atoms with Crippen LogP contribution in [0.25, 0.3) is 0 Å². The van der Waals surface area contributed by atoms with Crippen molar-refractivity contribution in [2.24, 2.45) is 5.41 Å². The van der Waals surface area contributed by atoms with E-state index in [0.717, 1.165) is 34.4 Å². The van der Waals surface area contributed by atoms with E-state index < -0.39 is 11.4 Å². The van der Waals surface area contributed by atoms with Crippen molar-refractivity contribution in [1.82, 2.24) is 0 Å². The fourth-order valence-corrected chi connectivity index (χ4v) is 4.56. The second kappa shape index (κ2) is 9.34. The van der Waals surface area contributed by atoms with Gasteiger partial charge in [-0.3, -0.25) is 9.59 Å². The molecule has 1 fully saturated rings. The summed E-state index contributed by atoms with van der Waals surface area (Å²) < 4.78 is 5.95. The molecule has 4 rings (SSSR count). The van der Waals surface area contributed by atoms with Crippen LogP contribution < -0.4 is 10.1 Å². The van der Waals surface area contributed by atoms with Gasteiger partial charge >= 0.3 is 5.97 Å². The zero-order valence-corrected chi connectivity index (χ0v) is 20.1. The topological polar surface area (TPSA) is 75.6 Å². The van der Waals surface area contributed by atoms with Gasteiger partial charge in [0.05, 0.1) is 12.0 Å². The molecule has 34 heavy (non-hydrogen) atoms. The lowest BCUT2D eigenvalue weighted by Crippen LogP contribution is -2.16. The number of aryl methyl sites for hydroxylation is 3. The number of ether oxygens (including phenoxy) is 1. The van der Waals surface area contributed by atoms with E-state index in [-0.39, 0.29) is 11.8 Å². The van der Waals surface area contributed by atoms with E-state index in [2.05, 4.69) is 17.4 Å². The molecule has 5 nitrogen and oxygen atoms in total. The van der Waals surface area contributed by atoms with Crippen LogP contribution in [0.15, 0.2) is 60.7 Å². The predicted octanol–water partition coefficient (Wildman–Crippen LogP) is 6.06. The van der Waals surface area contributed by atoms with Crippen LogP contribution in [0.5, 0.6) is 5.75 Å². The summed E-state index contributed by atoms with van der Waals surface area (Å²) in [7, 11) is 0. The standard InChI is InChI=1S/C29H31NO4/c1-18-10-11-22(24-17-29(24,4)28(32)33)16-25(18)30-27(31)26-19(2)14-23(15-20(26)3)34-13-12-21-8-6-5-7-9-21/h5-11,14-16,24H,12-13,17H2,1-4H3,(H,30,31)(H,32,33)/t24-,29-/m1/s1. The van der Waals surface area contributed by atoms with Crippen molar-refractivity contribution in [3.05, 3.63) is 94.0 Å². The molecule has 1 aliphatic rings. The normalized spacial score (nSPS) is 18.9. The molecule has 0 radical (unpaired) electrons. The number of carbonyl (C=O) groups is 2. The van der Waals surface area contributed by atoms with Crippen LogP contribution in [0.2, 0.25) is 0 Å².